The Morgan fingerprint density at radius 2 is 1.71 bits per heavy atom. The van der Waals surface area contributed by atoms with E-state index < -0.39 is 5.91 Å². The third-order valence-corrected chi connectivity index (χ3v) is 4.49. The molecule has 3 N–H and O–H groups in total. The minimum absolute atomic E-state index is 0.0623. The van der Waals surface area contributed by atoms with Crippen LogP contribution in [-0.4, -0.2) is 20.8 Å². The number of hydrogen-bond acceptors (Lipinski definition) is 5. The molecule has 0 aliphatic carbocycles. The number of benzene rings is 2. The Kier molecular flexibility index (Phi) is 5.73. The molecule has 1 amide bonds. The first-order valence-electron chi connectivity index (χ1n) is 9.22. The summed E-state index contributed by atoms with van der Waals surface area (Å²) in [5.74, 6) is -0.197. The number of nitrogens with zero attached hydrogens (tertiary/aromatic N) is 3. The van der Waals surface area contributed by atoms with E-state index in [0.717, 1.165) is 5.69 Å². The van der Waals surface area contributed by atoms with Crippen LogP contribution in [-0.2, 0) is 0 Å². The molecule has 4 rings (SSSR count). The molecular formula is C22H16N6O2S. The SMILES string of the molecule is N#Cc1c(C(=O)NNC(=S)Nc2ccccc2)nn(-c2ccccc2)c1-c1ccco1. The number of carbonyl (C=O) groups is 1. The molecule has 0 saturated carbocycles. The standard InChI is InChI=1S/C22H16N6O2S/c23-14-17-19(21(29)25-26-22(31)24-15-8-3-1-4-9-15)27-28(16-10-5-2-6-11-16)20(17)18-12-7-13-30-18/h1-13H,(H,25,29)(H2,24,26,31). The molecule has 2 aromatic heterocycles. The number of furan rings is 1. The van der Waals surface area contributed by atoms with Gasteiger partial charge in [-0.2, -0.15) is 10.4 Å². The highest BCUT2D eigenvalue weighted by Crippen LogP contribution is 2.29. The van der Waals surface area contributed by atoms with E-state index in [1.54, 1.807) is 12.1 Å². The van der Waals surface area contributed by atoms with E-state index >= 15 is 0 Å². The maximum Gasteiger partial charge on any atom is 0.291 e. The van der Waals surface area contributed by atoms with Crippen molar-refractivity contribution in [2.45, 2.75) is 0 Å². The predicted octanol–water partition coefficient (Wildman–Crippen LogP) is 3.64. The monoisotopic (exact) mass is 428 g/mol. The zero-order valence-corrected chi connectivity index (χ0v) is 16.9. The van der Waals surface area contributed by atoms with Gasteiger partial charge in [-0.25, -0.2) is 4.68 Å². The molecule has 9 heteroatoms. The lowest BCUT2D eigenvalue weighted by Crippen LogP contribution is -2.44. The van der Waals surface area contributed by atoms with Crippen LogP contribution >= 0.6 is 12.2 Å². The highest BCUT2D eigenvalue weighted by atomic mass is 32.1. The number of hydrogen-bond donors (Lipinski definition) is 3. The topological polar surface area (TPSA) is 108 Å². The molecule has 0 aliphatic heterocycles. The fourth-order valence-electron chi connectivity index (χ4n) is 2.94. The molecule has 0 fully saturated rings. The summed E-state index contributed by atoms with van der Waals surface area (Å²) in [5.41, 5.74) is 6.95. The average molecular weight is 428 g/mol. The van der Waals surface area contributed by atoms with Crippen molar-refractivity contribution in [3.8, 4) is 23.2 Å². The van der Waals surface area contributed by atoms with Crippen LogP contribution < -0.4 is 16.2 Å². The number of hydrazine groups is 1. The van der Waals surface area contributed by atoms with Crippen molar-refractivity contribution < 1.29 is 9.21 Å². The van der Waals surface area contributed by atoms with Crippen molar-refractivity contribution in [2.75, 3.05) is 5.32 Å². The summed E-state index contributed by atoms with van der Waals surface area (Å²) in [4.78, 5) is 12.8. The number of aromatic nitrogens is 2. The van der Waals surface area contributed by atoms with Crippen LogP contribution in [0.1, 0.15) is 16.1 Å². The third-order valence-electron chi connectivity index (χ3n) is 4.29. The molecule has 0 spiro atoms. The number of thiocarbonyl (C=S) groups is 1. The van der Waals surface area contributed by atoms with Gasteiger partial charge in [-0.05, 0) is 48.6 Å². The highest BCUT2D eigenvalue weighted by Gasteiger charge is 2.26. The normalized spacial score (nSPS) is 10.2. The molecule has 2 aromatic carbocycles. The van der Waals surface area contributed by atoms with E-state index in [1.165, 1.54) is 10.9 Å². The van der Waals surface area contributed by atoms with Crippen LogP contribution in [0.2, 0.25) is 0 Å². The van der Waals surface area contributed by atoms with Crippen molar-refractivity contribution in [2.24, 2.45) is 0 Å². The van der Waals surface area contributed by atoms with Gasteiger partial charge in [0.25, 0.3) is 5.91 Å². The molecule has 0 saturated heterocycles. The molecule has 31 heavy (non-hydrogen) atoms. The predicted molar refractivity (Wildman–Crippen MR) is 119 cm³/mol. The lowest BCUT2D eigenvalue weighted by molar-refractivity contribution is 0.0938. The Hall–Kier alpha value is -4.42. The van der Waals surface area contributed by atoms with Crippen molar-refractivity contribution in [1.29, 1.82) is 5.26 Å². The minimum Gasteiger partial charge on any atom is -0.463 e. The van der Waals surface area contributed by atoms with Gasteiger partial charge in [0, 0.05) is 5.69 Å². The van der Waals surface area contributed by atoms with Crippen molar-refractivity contribution in [3.63, 3.8) is 0 Å². The van der Waals surface area contributed by atoms with E-state index in [2.05, 4.69) is 27.3 Å². The van der Waals surface area contributed by atoms with E-state index in [0.29, 0.717) is 17.1 Å². The number of carbonyl (C=O) groups excluding carboxylic acids is 1. The average Bonchev–Trinajstić information content (AvgIpc) is 3.46. The molecule has 0 radical (unpaired) electrons. The van der Waals surface area contributed by atoms with E-state index in [9.17, 15) is 10.1 Å². The Morgan fingerprint density at radius 1 is 1.00 bits per heavy atom. The molecule has 8 nitrogen and oxygen atoms in total. The molecule has 0 atom stereocenters. The van der Waals surface area contributed by atoms with Crippen LogP contribution in [0.5, 0.6) is 0 Å². The van der Waals surface area contributed by atoms with Gasteiger partial charge in [0.05, 0.1) is 12.0 Å². The Bertz CT molecular complexity index is 1240. The summed E-state index contributed by atoms with van der Waals surface area (Å²) < 4.78 is 7.00. The van der Waals surface area contributed by atoms with E-state index in [-0.39, 0.29) is 16.4 Å². The number of rotatable bonds is 4. The van der Waals surface area contributed by atoms with Gasteiger partial charge >= 0.3 is 0 Å². The maximum absolute atomic E-state index is 12.8. The third kappa shape index (κ3) is 4.29. The summed E-state index contributed by atoms with van der Waals surface area (Å²) in [6.45, 7) is 0. The molecule has 152 valence electrons. The zero-order chi connectivity index (χ0) is 21.6. The second kappa shape index (κ2) is 8.94. The second-order valence-corrected chi connectivity index (χ2v) is 6.72. The van der Waals surface area contributed by atoms with Gasteiger partial charge in [-0.3, -0.25) is 15.6 Å². The van der Waals surface area contributed by atoms with E-state index in [4.69, 9.17) is 16.6 Å². The van der Waals surface area contributed by atoms with Crippen molar-refractivity contribution in [1.82, 2.24) is 20.6 Å². The zero-order valence-electron chi connectivity index (χ0n) is 16.1. The van der Waals surface area contributed by atoms with E-state index in [1.807, 2.05) is 60.7 Å². The first-order valence-corrected chi connectivity index (χ1v) is 9.63. The first-order chi connectivity index (χ1) is 15.2. The number of anilines is 1. The molecule has 2 heterocycles. The van der Waals surface area contributed by atoms with Crippen molar-refractivity contribution in [3.05, 3.63) is 90.3 Å². The number of amides is 1. The molecular weight excluding hydrogens is 412 g/mol. The van der Waals surface area contributed by atoms with Gasteiger partial charge < -0.3 is 9.73 Å². The van der Waals surface area contributed by atoms with Crippen LogP contribution in [0.25, 0.3) is 17.1 Å². The largest absolute Gasteiger partial charge is 0.463 e. The molecule has 0 bridgehead atoms. The Labute approximate surface area is 183 Å². The summed E-state index contributed by atoms with van der Waals surface area (Å²) in [7, 11) is 0. The second-order valence-electron chi connectivity index (χ2n) is 6.31. The highest BCUT2D eigenvalue weighted by molar-refractivity contribution is 7.80. The molecule has 0 unspecified atom stereocenters. The fourth-order valence-corrected chi connectivity index (χ4v) is 3.11. The van der Waals surface area contributed by atoms with Crippen LogP contribution in [0.15, 0.2) is 83.5 Å². The van der Waals surface area contributed by atoms with Crippen molar-refractivity contribution >= 4 is 28.9 Å². The first kappa shape index (κ1) is 19.9. The van der Waals surface area contributed by atoms with Crippen LogP contribution in [0.4, 0.5) is 5.69 Å². The number of nitrogens with one attached hydrogen (secondary N) is 3. The fraction of sp³-hybridized carbons (Fsp3) is 0. The Balaban J connectivity index is 1.61. The Morgan fingerprint density at radius 3 is 2.35 bits per heavy atom. The van der Waals surface area contributed by atoms with Gasteiger partial charge in [-0.15, -0.1) is 0 Å². The molecule has 4 aromatic rings. The lowest BCUT2D eigenvalue weighted by Gasteiger charge is -2.10. The summed E-state index contributed by atoms with van der Waals surface area (Å²) in [6.07, 6.45) is 1.49. The van der Waals surface area contributed by atoms with Gasteiger partial charge in [0.15, 0.2) is 16.6 Å². The lowest BCUT2D eigenvalue weighted by atomic mass is 10.1. The van der Waals surface area contributed by atoms with Gasteiger partial charge in [0.2, 0.25) is 0 Å². The quantitative estimate of drug-likeness (QED) is 0.336. The van der Waals surface area contributed by atoms with Gasteiger partial charge in [0.1, 0.15) is 17.3 Å². The van der Waals surface area contributed by atoms with Gasteiger partial charge in [-0.1, -0.05) is 36.4 Å². The smallest absolute Gasteiger partial charge is 0.291 e. The summed E-state index contributed by atoms with van der Waals surface area (Å²) in [6, 6.07) is 23.9. The number of para-hydroxylation sites is 2. The number of nitriles is 1. The van der Waals surface area contributed by atoms with Crippen LogP contribution in [0, 0.1) is 11.3 Å². The minimum atomic E-state index is -0.615. The van der Waals surface area contributed by atoms with Crippen LogP contribution in [0.3, 0.4) is 0 Å². The maximum atomic E-state index is 12.8. The summed E-state index contributed by atoms with van der Waals surface area (Å²) >= 11 is 5.20. The summed E-state index contributed by atoms with van der Waals surface area (Å²) in [5, 5.41) is 17.3. The molecule has 0 aliphatic rings.